The van der Waals surface area contributed by atoms with Crippen LogP contribution in [0.15, 0.2) is 59.2 Å². The van der Waals surface area contributed by atoms with E-state index in [1.165, 1.54) is 44.2 Å². The lowest BCUT2D eigenvalue weighted by Gasteiger charge is -2.28. The van der Waals surface area contributed by atoms with Crippen molar-refractivity contribution in [3.8, 4) is 5.75 Å². The molecule has 34 heavy (non-hydrogen) atoms. The van der Waals surface area contributed by atoms with Crippen LogP contribution in [0.25, 0.3) is 16.5 Å². The van der Waals surface area contributed by atoms with Crippen molar-refractivity contribution < 1.29 is 13.9 Å². The van der Waals surface area contributed by atoms with Crippen molar-refractivity contribution in [1.82, 2.24) is 4.90 Å². The molecular weight excluding hydrogens is 424 g/mol. The third-order valence-electron chi connectivity index (χ3n) is 7.07. The number of ether oxygens (including phenoxy) is 1. The van der Waals surface area contributed by atoms with E-state index in [0.29, 0.717) is 18.2 Å². The summed E-state index contributed by atoms with van der Waals surface area (Å²) < 4.78 is 11.7. The van der Waals surface area contributed by atoms with Crippen molar-refractivity contribution in [3.05, 3.63) is 65.9 Å². The second kappa shape index (κ2) is 10.5. The molecule has 1 atom stereocenters. The van der Waals surface area contributed by atoms with Crippen molar-refractivity contribution in [2.75, 3.05) is 25.0 Å². The zero-order chi connectivity index (χ0) is 23.3. The highest BCUT2D eigenvalue weighted by atomic mass is 16.5. The fraction of sp³-hybridized carbons (Fsp3) is 0.414. The molecule has 0 bridgehead atoms. The molecule has 0 saturated carbocycles. The Hall–Kier alpha value is -3.05. The van der Waals surface area contributed by atoms with Gasteiger partial charge in [-0.1, -0.05) is 38.3 Å². The van der Waals surface area contributed by atoms with Crippen LogP contribution in [0.5, 0.6) is 5.75 Å². The molecule has 2 aliphatic heterocycles. The van der Waals surface area contributed by atoms with E-state index in [0.717, 1.165) is 47.4 Å². The highest BCUT2D eigenvalue weighted by Crippen LogP contribution is 2.37. The van der Waals surface area contributed by atoms with Crippen LogP contribution in [0.2, 0.25) is 0 Å². The summed E-state index contributed by atoms with van der Waals surface area (Å²) in [6, 6.07) is 13.9. The average molecular weight is 459 g/mol. The number of fused-ring (bicyclic) bond motifs is 2. The zero-order valence-corrected chi connectivity index (χ0v) is 20.0. The van der Waals surface area contributed by atoms with E-state index < -0.39 is 0 Å². The third-order valence-corrected chi connectivity index (χ3v) is 7.07. The Bertz CT molecular complexity index is 1180. The number of furan rings is 1. The molecule has 3 aromatic rings. The Morgan fingerprint density at radius 2 is 2.12 bits per heavy atom. The summed E-state index contributed by atoms with van der Waals surface area (Å²) in [6.45, 7) is 5.10. The number of unbranched alkanes of at least 4 members (excludes halogenated alkanes) is 3. The summed E-state index contributed by atoms with van der Waals surface area (Å²) in [5.74, 6) is 0.598. The van der Waals surface area contributed by atoms with E-state index in [1.54, 1.807) is 0 Å². The second-order valence-electron chi connectivity index (χ2n) is 9.48. The smallest absolute Gasteiger partial charge is 0.255 e. The highest BCUT2D eigenvalue weighted by molar-refractivity contribution is 6.05. The largest absolute Gasteiger partial charge is 0.494 e. The first-order valence-corrected chi connectivity index (χ1v) is 12.7. The molecule has 0 aliphatic carbocycles. The van der Waals surface area contributed by atoms with Gasteiger partial charge in [0.05, 0.1) is 12.9 Å². The Morgan fingerprint density at radius 1 is 1.18 bits per heavy atom. The van der Waals surface area contributed by atoms with Crippen molar-refractivity contribution in [2.45, 2.75) is 57.9 Å². The Balaban J connectivity index is 1.27. The topological polar surface area (TPSA) is 54.7 Å². The summed E-state index contributed by atoms with van der Waals surface area (Å²) in [4.78, 5) is 15.5. The van der Waals surface area contributed by atoms with Crippen LogP contribution in [0.4, 0.5) is 5.69 Å². The molecule has 3 heterocycles. The first-order valence-electron chi connectivity index (χ1n) is 12.7. The number of nitrogens with one attached hydrogen (secondary N) is 1. The number of rotatable bonds is 9. The summed E-state index contributed by atoms with van der Waals surface area (Å²) >= 11 is 0. The van der Waals surface area contributed by atoms with Gasteiger partial charge >= 0.3 is 0 Å². The molecule has 1 amide bonds. The van der Waals surface area contributed by atoms with Gasteiger partial charge in [0, 0.05) is 34.8 Å². The van der Waals surface area contributed by atoms with E-state index in [1.807, 2.05) is 48.7 Å². The lowest BCUT2D eigenvalue weighted by Crippen LogP contribution is -2.32. The van der Waals surface area contributed by atoms with Gasteiger partial charge in [0.15, 0.2) is 0 Å². The summed E-state index contributed by atoms with van der Waals surface area (Å²) in [5.41, 5.74) is 4.71. The molecule has 0 spiro atoms. The van der Waals surface area contributed by atoms with Gasteiger partial charge in [0.25, 0.3) is 5.91 Å². The normalized spacial score (nSPS) is 18.0. The number of nitrogens with zero attached hydrogens (tertiary/aromatic N) is 1. The standard InChI is InChI=1S/C29H34N2O3/c1-2-3-4-5-16-33-25-10-6-8-22(18-25)29(32)30-23-11-12-28-26(19-23)27(20-34-28)21-13-15-31-14-7-9-24(31)17-21/h6,8,10-13,18-20,24H,2-5,7,9,14-17H2,1H3,(H,30,32). The second-order valence-corrected chi connectivity index (χ2v) is 9.48. The van der Waals surface area contributed by atoms with Gasteiger partial charge in [-0.05, 0) is 74.2 Å². The number of amides is 1. The van der Waals surface area contributed by atoms with Gasteiger partial charge < -0.3 is 14.5 Å². The minimum atomic E-state index is -0.140. The van der Waals surface area contributed by atoms with E-state index in [9.17, 15) is 4.79 Å². The molecule has 1 fully saturated rings. The van der Waals surface area contributed by atoms with Crippen LogP contribution >= 0.6 is 0 Å². The van der Waals surface area contributed by atoms with Crippen LogP contribution < -0.4 is 10.1 Å². The lowest BCUT2D eigenvalue weighted by molar-refractivity contribution is 0.102. The Morgan fingerprint density at radius 3 is 3.03 bits per heavy atom. The number of anilines is 1. The third kappa shape index (κ3) is 5.05. The molecule has 5 heteroatoms. The number of carbonyl (C=O) groups is 1. The first-order chi connectivity index (χ1) is 16.7. The Kier molecular flexibility index (Phi) is 7.00. The lowest BCUT2D eigenvalue weighted by atomic mass is 9.94. The van der Waals surface area contributed by atoms with Crippen LogP contribution in [0.3, 0.4) is 0 Å². The zero-order valence-electron chi connectivity index (χ0n) is 20.0. The van der Waals surface area contributed by atoms with Crippen molar-refractivity contribution >= 4 is 28.1 Å². The summed E-state index contributed by atoms with van der Waals surface area (Å²) in [7, 11) is 0. The Labute approximate surface area is 201 Å². The van der Waals surface area contributed by atoms with Crippen LogP contribution in [-0.4, -0.2) is 36.5 Å². The first kappa shape index (κ1) is 22.7. The molecule has 0 radical (unpaired) electrons. The maximum Gasteiger partial charge on any atom is 0.255 e. The molecule has 1 N–H and O–H groups in total. The van der Waals surface area contributed by atoms with Crippen molar-refractivity contribution in [3.63, 3.8) is 0 Å². The molecule has 2 aliphatic rings. The predicted octanol–water partition coefficient (Wildman–Crippen LogP) is 6.90. The monoisotopic (exact) mass is 458 g/mol. The maximum absolute atomic E-state index is 13.0. The van der Waals surface area contributed by atoms with E-state index in [4.69, 9.17) is 9.15 Å². The van der Waals surface area contributed by atoms with Gasteiger partial charge in [0.2, 0.25) is 0 Å². The van der Waals surface area contributed by atoms with Crippen LogP contribution in [0.1, 0.15) is 67.8 Å². The van der Waals surface area contributed by atoms with E-state index in [2.05, 4.69) is 23.2 Å². The molecule has 5 nitrogen and oxygen atoms in total. The average Bonchev–Trinajstić information content (AvgIpc) is 3.50. The van der Waals surface area contributed by atoms with Gasteiger partial charge in [-0.25, -0.2) is 0 Å². The van der Waals surface area contributed by atoms with Crippen molar-refractivity contribution in [1.29, 1.82) is 0 Å². The number of hydrogen-bond donors (Lipinski definition) is 1. The van der Waals surface area contributed by atoms with Gasteiger partial charge in [-0.3, -0.25) is 9.69 Å². The van der Waals surface area contributed by atoms with E-state index in [-0.39, 0.29) is 5.91 Å². The van der Waals surface area contributed by atoms with Gasteiger partial charge in [0.1, 0.15) is 11.3 Å². The predicted molar refractivity (Wildman–Crippen MR) is 137 cm³/mol. The van der Waals surface area contributed by atoms with Crippen LogP contribution in [-0.2, 0) is 0 Å². The number of hydrogen-bond acceptors (Lipinski definition) is 4. The van der Waals surface area contributed by atoms with Gasteiger partial charge in [-0.15, -0.1) is 0 Å². The SMILES string of the molecule is CCCCCCOc1cccc(C(=O)Nc2ccc3occ(C4=CCN5CCCC5C4)c3c2)c1. The summed E-state index contributed by atoms with van der Waals surface area (Å²) in [5, 5.41) is 4.11. The van der Waals surface area contributed by atoms with Crippen molar-refractivity contribution in [2.24, 2.45) is 0 Å². The van der Waals surface area contributed by atoms with Crippen LogP contribution in [0, 0.1) is 0 Å². The molecule has 1 aromatic heterocycles. The minimum Gasteiger partial charge on any atom is -0.494 e. The molecule has 1 saturated heterocycles. The molecular formula is C29H34N2O3. The fourth-order valence-corrected chi connectivity index (χ4v) is 5.16. The summed E-state index contributed by atoms with van der Waals surface area (Å²) in [6.07, 6.45) is 12.5. The highest BCUT2D eigenvalue weighted by Gasteiger charge is 2.29. The van der Waals surface area contributed by atoms with E-state index >= 15 is 0 Å². The maximum atomic E-state index is 13.0. The molecule has 178 valence electrons. The fourth-order valence-electron chi connectivity index (χ4n) is 5.16. The molecule has 2 aromatic carbocycles. The quantitative estimate of drug-likeness (QED) is 0.355. The number of benzene rings is 2. The molecule has 1 unspecified atom stereocenters. The molecule has 5 rings (SSSR count). The number of carbonyl (C=O) groups excluding carboxylic acids is 1. The van der Waals surface area contributed by atoms with Gasteiger partial charge in [-0.2, -0.15) is 0 Å². The minimum absolute atomic E-state index is 0.140.